The maximum Gasteiger partial charge on any atom is 0.338 e. The molecule has 1 unspecified atom stereocenters. The summed E-state index contributed by atoms with van der Waals surface area (Å²) in [6, 6.07) is 1.45. The lowest BCUT2D eigenvalue weighted by Gasteiger charge is -2.14. The van der Waals surface area contributed by atoms with Crippen LogP contribution < -0.4 is 4.72 Å². The number of halogens is 1. The molecule has 7 nitrogen and oxygen atoms in total. The minimum absolute atomic E-state index is 0.0189. The van der Waals surface area contributed by atoms with Crippen molar-refractivity contribution in [3.8, 4) is 0 Å². The van der Waals surface area contributed by atoms with Gasteiger partial charge in [0.25, 0.3) is 0 Å². The Kier molecular flexibility index (Phi) is 4.21. The smallest absolute Gasteiger partial charge is 0.338 e. The highest BCUT2D eigenvalue weighted by Gasteiger charge is 2.32. The van der Waals surface area contributed by atoms with Crippen molar-refractivity contribution in [2.45, 2.75) is 24.3 Å². The highest BCUT2D eigenvalue weighted by atomic mass is 32.2. The number of benzene rings is 1. The van der Waals surface area contributed by atoms with Crippen molar-refractivity contribution < 1.29 is 27.5 Å². The highest BCUT2D eigenvalue weighted by Crippen LogP contribution is 2.22. The lowest BCUT2D eigenvalue weighted by molar-refractivity contribution is -0.126. The van der Waals surface area contributed by atoms with Crippen LogP contribution in [-0.4, -0.2) is 49.9 Å². The first-order valence-corrected chi connectivity index (χ1v) is 7.90. The number of carboxylic acids is 1. The first-order chi connectivity index (χ1) is 10.1. The van der Waals surface area contributed by atoms with Crippen LogP contribution in [0.15, 0.2) is 17.0 Å². The van der Waals surface area contributed by atoms with Gasteiger partial charge in [-0.25, -0.2) is 22.3 Å². The van der Waals surface area contributed by atoms with E-state index in [4.69, 9.17) is 5.11 Å². The summed E-state index contributed by atoms with van der Waals surface area (Å²) < 4.78 is 40.9. The van der Waals surface area contributed by atoms with Crippen LogP contribution in [0.4, 0.5) is 4.39 Å². The van der Waals surface area contributed by atoms with Gasteiger partial charge < -0.3 is 10.0 Å². The Morgan fingerprint density at radius 1 is 1.45 bits per heavy atom. The standard InChI is InChI=1S/C13H15FN2O5S/c1-7-3-9(13(18)19)12(14)10(4-7)22(20,21)15-8-5-11(17)16(2)6-8/h3-4,8,15H,5-6H2,1-2H3,(H,18,19). The SMILES string of the molecule is Cc1cc(C(=O)O)c(F)c(S(=O)(=O)NC2CC(=O)N(C)C2)c1. The fourth-order valence-electron chi connectivity index (χ4n) is 2.31. The molecule has 120 valence electrons. The van der Waals surface area contributed by atoms with Crippen LogP contribution in [0.25, 0.3) is 0 Å². The number of sulfonamides is 1. The Labute approximate surface area is 126 Å². The molecule has 0 bridgehead atoms. The molecule has 1 aliphatic heterocycles. The van der Waals surface area contributed by atoms with Crippen LogP contribution in [0.2, 0.25) is 0 Å². The zero-order chi connectivity index (χ0) is 16.7. The van der Waals surface area contributed by atoms with Crippen molar-refractivity contribution in [3.05, 3.63) is 29.1 Å². The molecule has 1 heterocycles. The van der Waals surface area contributed by atoms with Crippen molar-refractivity contribution in [3.63, 3.8) is 0 Å². The predicted molar refractivity (Wildman–Crippen MR) is 74.5 cm³/mol. The predicted octanol–water partition coefficient (Wildman–Crippen LogP) is 0.341. The Hall–Kier alpha value is -2.00. The number of nitrogens with one attached hydrogen (secondary N) is 1. The number of hydrogen-bond donors (Lipinski definition) is 2. The molecule has 0 saturated carbocycles. The number of aryl methyl sites for hydroxylation is 1. The van der Waals surface area contributed by atoms with E-state index in [1.807, 2.05) is 0 Å². The van der Waals surface area contributed by atoms with Crippen molar-refractivity contribution in [1.29, 1.82) is 0 Å². The first kappa shape index (κ1) is 16.4. The van der Waals surface area contributed by atoms with E-state index < -0.39 is 38.3 Å². The number of carboxylic acid groups (broad SMARTS) is 1. The Morgan fingerprint density at radius 2 is 2.09 bits per heavy atom. The molecule has 0 radical (unpaired) electrons. The third-order valence-corrected chi connectivity index (χ3v) is 4.89. The summed E-state index contributed by atoms with van der Waals surface area (Å²) in [7, 11) is -2.73. The Bertz CT molecular complexity index is 747. The number of rotatable bonds is 4. The maximum atomic E-state index is 14.1. The van der Waals surface area contributed by atoms with Gasteiger partial charge in [0, 0.05) is 26.1 Å². The third-order valence-electron chi connectivity index (χ3n) is 3.37. The molecule has 1 fully saturated rings. The van der Waals surface area contributed by atoms with Crippen LogP contribution in [0, 0.1) is 12.7 Å². The van der Waals surface area contributed by atoms with E-state index in [0.29, 0.717) is 5.56 Å². The normalized spacial score (nSPS) is 18.8. The molecule has 0 aliphatic carbocycles. The van der Waals surface area contributed by atoms with Gasteiger partial charge in [0.1, 0.15) is 4.90 Å². The van der Waals surface area contributed by atoms with E-state index >= 15 is 0 Å². The fourth-order valence-corrected chi connectivity index (χ4v) is 3.72. The molecule has 1 aliphatic rings. The molecular weight excluding hydrogens is 315 g/mol. The minimum atomic E-state index is -4.27. The number of nitrogens with zero attached hydrogens (tertiary/aromatic N) is 1. The van der Waals surface area contributed by atoms with E-state index in [2.05, 4.69) is 4.72 Å². The molecule has 1 atom stereocenters. The van der Waals surface area contributed by atoms with Gasteiger partial charge in [-0.3, -0.25) is 4.79 Å². The van der Waals surface area contributed by atoms with E-state index in [-0.39, 0.29) is 18.9 Å². The second-order valence-corrected chi connectivity index (χ2v) is 6.91. The highest BCUT2D eigenvalue weighted by molar-refractivity contribution is 7.89. The van der Waals surface area contributed by atoms with Crippen LogP contribution in [0.5, 0.6) is 0 Å². The van der Waals surface area contributed by atoms with Crippen LogP contribution >= 0.6 is 0 Å². The lowest BCUT2D eigenvalue weighted by Crippen LogP contribution is -2.37. The number of likely N-dealkylation sites (tertiary alicyclic amines) is 1. The van der Waals surface area contributed by atoms with Gasteiger partial charge in [0.05, 0.1) is 5.56 Å². The summed E-state index contributed by atoms with van der Waals surface area (Å²) in [6.45, 7) is 1.65. The van der Waals surface area contributed by atoms with E-state index in [1.165, 1.54) is 18.9 Å². The molecule has 1 amide bonds. The summed E-state index contributed by atoms with van der Waals surface area (Å²) >= 11 is 0. The number of hydrogen-bond acceptors (Lipinski definition) is 4. The minimum Gasteiger partial charge on any atom is -0.478 e. The molecule has 22 heavy (non-hydrogen) atoms. The monoisotopic (exact) mass is 330 g/mol. The van der Waals surface area contributed by atoms with Crippen molar-refractivity contribution in [2.75, 3.05) is 13.6 Å². The van der Waals surface area contributed by atoms with Crippen molar-refractivity contribution in [2.24, 2.45) is 0 Å². The van der Waals surface area contributed by atoms with Crippen molar-refractivity contribution in [1.82, 2.24) is 9.62 Å². The zero-order valence-electron chi connectivity index (χ0n) is 12.0. The van der Waals surface area contributed by atoms with Gasteiger partial charge in [0.2, 0.25) is 15.9 Å². The molecule has 0 aromatic heterocycles. The van der Waals surface area contributed by atoms with Gasteiger partial charge in [-0.15, -0.1) is 0 Å². The van der Waals surface area contributed by atoms with Gasteiger partial charge in [-0.05, 0) is 24.6 Å². The average molecular weight is 330 g/mol. The summed E-state index contributed by atoms with van der Waals surface area (Å²) in [5, 5.41) is 8.93. The second kappa shape index (κ2) is 5.65. The van der Waals surface area contributed by atoms with Crippen LogP contribution in [0.1, 0.15) is 22.3 Å². The van der Waals surface area contributed by atoms with Gasteiger partial charge >= 0.3 is 5.97 Å². The molecule has 1 aromatic carbocycles. The summed E-state index contributed by atoms with van der Waals surface area (Å²) in [6.07, 6.45) is -0.0189. The van der Waals surface area contributed by atoms with E-state index in [0.717, 1.165) is 12.1 Å². The summed E-state index contributed by atoms with van der Waals surface area (Å²) in [5.74, 6) is -3.08. The number of likely N-dealkylation sites (N-methyl/N-ethyl adjacent to an activating group) is 1. The maximum absolute atomic E-state index is 14.1. The van der Waals surface area contributed by atoms with Gasteiger partial charge in [-0.1, -0.05) is 0 Å². The fraction of sp³-hybridized carbons (Fsp3) is 0.385. The van der Waals surface area contributed by atoms with Gasteiger partial charge in [0.15, 0.2) is 5.82 Å². The number of aromatic carboxylic acids is 1. The average Bonchev–Trinajstić information content (AvgIpc) is 2.69. The molecule has 1 aromatic rings. The Morgan fingerprint density at radius 3 is 2.59 bits per heavy atom. The lowest BCUT2D eigenvalue weighted by atomic mass is 10.1. The van der Waals surface area contributed by atoms with Gasteiger partial charge in [-0.2, -0.15) is 0 Å². The Balaban J connectivity index is 2.38. The van der Waals surface area contributed by atoms with E-state index in [1.54, 1.807) is 0 Å². The van der Waals surface area contributed by atoms with E-state index in [9.17, 15) is 22.4 Å². The summed E-state index contributed by atoms with van der Waals surface area (Å²) in [4.78, 5) is 23.0. The molecule has 9 heteroatoms. The molecular formula is C13H15FN2O5S. The third kappa shape index (κ3) is 3.09. The largest absolute Gasteiger partial charge is 0.478 e. The molecule has 0 spiro atoms. The number of carbonyl (C=O) groups excluding carboxylic acids is 1. The number of carbonyl (C=O) groups is 2. The molecule has 2 N–H and O–H groups in total. The molecule has 1 saturated heterocycles. The van der Waals surface area contributed by atoms with Crippen LogP contribution in [-0.2, 0) is 14.8 Å². The quantitative estimate of drug-likeness (QED) is 0.828. The first-order valence-electron chi connectivity index (χ1n) is 6.41. The molecule has 2 rings (SSSR count). The van der Waals surface area contributed by atoms with Crippen molar-refractivity contribution >= 4 is 21.9 Å². The second-order valence-electron chi connectivity index (χ2n) is 5.23. The summed E-state index contributed by atoms with van der Waals surface area (Å²) in [5.41, 5.74) is -0.404. The van der Waals surface area contributed by atoms with Crippen LogP contribution in [0.3, 0.4) is 0 Å². The topological polar surface area (TPSA) is 104 Å². The zero-order valence-corrected chi connectivity index (χ0v) is 12.8. The number of amides is 1.